The Bertz CT molecular complexity index is 174. The highest BCUT2D eigenvalue weighted by molar-refractivity contribution is 7.80. The smallest absolute Gasteiger partial charge is 0.194 e. The van der Waals surface area contributed by atoms with Crippen molar-refractivity contribution >= 4 is 23.3 Å². The normalized spacial score (nSPS) is 9.47. The number of guanidine groups is 1. The van der Waals surface area contributed by atoms with E-state index in [1.807, 2.05) is 0 Å². The summed E-state index contributed by atoms with van der Waals surface area (Å²) in [4.78, 5) is 0. The van der Waals surface area contributed by atoms with Crippen molar-refractivity contribution in [2.75, 3.05) is 13.1 Å². The molecule has 4 N–H and O–H groups in total. The Morgan fingerprint density at radius 1 is 1.07 bits per heavy atom. The molecule has 0 saturated heterocycles. The van der Waals surface area contributed by atoms with Gasteiger partial charge in [0.05, 0.1) is 0 Å². The summed E-state index contributed by atoms with van der Waals surface area (Å²) in [5, 5.41) is 16.8. The topological polar surface area (TPSA) is 59.9 Å². The number of nitrogens with one attached hydrogen (secondary N) is 4. The Hall–Kier alpha value is -0.840. The molecule has 0 aromatic heterocycles. The van der Waals surface area contributed by atoms with Gasteiger partial charge in [0, 0.05) is 13.1 Å². The lowest BCUT2D eigenvalue weighted by atomic mass is 10.3. The van der Waals surface area contributed by atoms with E-state index < -0.39 is 0 Å². The van der Waals surface area contributed by atoms with Gasteiger partial charge in [-0.15, -0.1) is 0 Å². The van der Waals surface area contributed by atoms with E-state index in [1.165, 1.54) is 0 Å². The Balaban J connectivity index is 3.45. The van der Waals surface area contributed by atoms with Crippen molar-refractivity contribution in [3.05, 3.63) is 0 Å². The van der Waals surface area contributed by atoms with Crippen LogP contribution in [-0.4, -0.2) is 24.2 Å². The maximum Gasteiger partial charge on any atom is 0.194 e. The van der Waals surface area contributed by atoms with Crippen LogP contribution in [0.25, 0.3) is 0 Å². The lowest BCUT2D eigenvalue weighted by Crippen LogP contribution is -2.45. The van der Waals surface area contributed by atoms with E-state index in [2.05, 4.69) is 29.8 Å². The third kappa shape index (κ3) is 9.46. The summed E-state index contributed by atoms with van der Waals surface area (Å²) in [6.07, 6.45) is 4.43. The van der Waals surface area contributed by atoms with Crippen molar-refractivity contribution in [1.82, 2.24) is 16.0 Å². The fourth-order valence-corrected chi connectivity index (χ4v) is 1.17. The molecule has 0 aromatic rings. The monoisotopic (exact) mass is 230 g/mol. The Kier molecular flexibility index (Phi) is 9.16. The lowest BCUT2D eigenvalue weighted by molar-refractivity contribution is 0.735. The van der Waals surface area contributed by atoms with E-state index in [0.29, 0.717) is 5.11 Å². The second-order valence-electron chi connectivity index (χ2n) is 3.39. The molecule has 0 aromatic carbocycles. The van der Waals surface area contributed by atoms with Gasteiger partial charge < -0.3 is 16.0 Å². The highest BCUT2D eigenvalue weighted by Gasteiger charge is 1.98. The predicted molar refractivity (Wildman–Crippen MR) is 69.3 cm³/mol. The first-order chi connectivity index (χ1) is 7.20. The molecule has 0 atom stereocenters. The van der Waals surface area contributed by atoms with Gasteiger partial charge >= 0.3 is 0 Å². The molecular weight excluding hydrogens is 208 g/mol. The lowest BCUT2D eigenvalue weighted by Gasteiger charge is -2.12. The summed E-state index contributed by atoms with van der Waals surface area (Å²) in [7, 11) is 0. The van der Waals surface area contributed by atoms with Gasteiger partial charge in [0.2, 0.25) is 0 Å². The van der Waals surface area contributed by atoms with E-state index in [0.717, 1.165) is 38.8 Å². The first-order valence-electron chi connectivity index (χ1n) is 5.58. The minimum Gasteiger partial charge on any atom is -0.362 e. The number of thiocarbonyl (C=S) groups is 1. The van der Waals surface area contributed by atoms with Gasteiger partial charge in [0.1, 0.15) is 0 Å². The zero-order chi connectivity index (χ0) is 11.5. The van der Waals surface area contributed by atoms with Crippen molar-refractivity contribution < 1.29 is 0 Å². The van der Waals surface area contributed by atoms with Crippen LogP contribution in [0.4, 0.5) is 0 Å². The van der Waals surface area contributed by atoms with Gasteiger partial charge in [-0.2, -0.15) is 0 Å². The molecule has 15 heavy (non-hydrogen) atoms. The van der Waals surface area contributed by atoms with Crippen LogP contribution in [-0.2, 0) is 0 Å². The molecule has 88 valence electrons. The first-order valence-corrected chi connectivity index (χ1v) is 5.98. The molecule has 0 heterocycles. The zero-order valence-corrected chi connectivity index (χ0v) is 10.5. The van der Waals surface area contributed by atoms with Crippen LogP contribution in [0.1, 0.15) is 39.5 Å². The van der Waals surface area contributed by atoms with Gasteiger partial charge in [-0.05, 0) is 25.1 Å². The molecule has 4 nitrogen and oxygen atoms in total. The Labute approximate surface area is 97.7 Å². The fraction of sp³-hybridized carbons (Fsp3) is 0.800. The van der Waals surface area contributed by atoms with Gasteiger partial charge in [-0.25, -0.2) is 0 Å². The molecule has 0 radical (unpaired) electrons. The Morgan fingerprint density at radius 3 is 2.13 bits per heavy atom. The maximum absolute atomic E-state index is 7.53. The first kappa shape index (κ1) is 14.2. The van der Waals surface area contributed by atoms with E-state index in [1.54, 1.807) is 0 Å². The summed E-state index contributed by atoms with van der Waals surface area (Å²) in [6.45, 7) is 5.94. The highest BCUT2D eigenvalue weighted by Crippen LogP contribution is 1.83. The zero-order valence-electron chi connectivity index (χ0n) is 9.65. The number of rotatable bonds is 6. The Morgan fingerprint density at radius 2 is 1.60 bits per heavy atom. The average Bonchev–Trinajstić information content (AvgIpc) is 2.18. The van der Waals surface area contributed by atoms with E-state index in [4.69, 9.17) is 17.6 Å². The van der Waals surface area contributed by atoms with E-state index in [-0.39, 0.29) is 5.96 Å². The van der Waals surface area contributed by atoms with Crippen molar-refractivity contribution in [2.45, 2.75) is 39.5 Å². The van der Waals surface area contributed by atoms with Gasteiger partial charge in [0.15, 0.2) is 11.1 Å². The molecule has 0 unspecified atom stereocenters. The molecule has 0 rings (SSSR count). The van der Waals surface area contributed by atoms with Crippen LogP contribution in [0.5, 0.6) is 0 Å². The summed E-state index contributed by atoms with van der Waals surface area (Å²) in [5.74, 6) is 0.275. The highest BCUT2D eigenvalue weighted by atomic mass is 32.1. The molecule has 0 amide bonds. The second-order valence-corrected chi connectivity index (χ2v) is 3.80. The third-order valence-corrected chi connectivity index (χ3v) is 2.13. The van der Waals surface area contributed by atoms with Crippen LogP contribution in [0.2, 0.25) is 0 Å². The van der Waals surface area contributed by atoms with Crippen molar-refractivity contribution in [3.8, 4) is 0 Å². The second kappa shape index (κ2) is 9.71. The van der Waals surface area contributed by atoms with Crippen molar-refractivity contribution in [3.63, 3.8) is 0 Å². The molecule has 0 aliphatic carbocycles. The molecular formula is C10H22N4S. The van der Waals surface area contributed by atoms with Gasteiger partial charge in [-0.1, -0.05) is 26.7 Å². The molecule has 0 spiro atoms. The third-order valence-electron chi connectivity index (χ3n) is 1.89. The number of hydrogen-bond acceptors (Lipinski definition) is 2. The summed E-state index contributed by atoms with van der Waals surface area (Å²) < 4.78 is 0. The fourth-order valence-electron chi connectivity index (χ4n) is 0.971. The van der Waals surface area contributed by atoms with E-state index in [9.17, 15) is 0 Å². The standard InChI is InChI=1S/C10H22N4S/c1-3-5-7-12-9(11)14-10(15)13-8-6-4-2/h3-8H2,1-2H3,(H4,11,12,13,14,15). The quantitative estimate of drug-likeness (QED) is 0.242. The molecule has 0 aliphatic heterocycles. The molecule has 5 heteroatoms. The number of unbranched alkanes of at least 4 members (excludes halogenated alkanes) is 2. The minimum atomic E-state index is 0.275. The molecule has 0 fully saturated rings. The molecule has 0 aliphatic rings. The number of hydrogen-bond donors (Lipinski definition) is 4. The minimum absolute atomic E-state index is 0.275. The van der Waals surface area contributed by atoms with Crippen LogP contribution in [0.15, 0.2) is 0 Å². The van der Waals surface area contributed by atoms with Crippen LogP contribution >= 0.6 is 12.2 Å². The SMILES string of the molecule is CCCCNC(=N)NC(=S)NCCCC. The van der Waals surface area contributed by atoms with Crippen LogP contribution in [0.3, 0.4) is 0 Å². The summed E-state index contributed by atoms with van der Waals surface area (Å²) >= 11 is 5.02. The van der Waals surface area contributed by atoms with Crippen molar-refractivity contribution in [1.29, 1.82) is 5.41 Å². The predicted octanol–water partition coefficient (Wildman–Crippen LogP) is 1.58. The largest absolute Gasteiger partial charge is 0.362 e. The van der Waals surface area contributed by atoms with E-state index >= 15 is 0 Å². The van der Waals surface area contributed by atoms with Gasteiger partial charge in [-0.3, -0.25) is 5.41 Å². The maximum atomic E-state index is 7.53. The summed E-state index contributed by atoms with van der Waals surface area (Å²) in [5.41, 5.74) is 0. The molecule has 0 saturated carbocycles. The summed E-state index contributed by atoms with van der Waals surface area (Å²) in [6, 6.07) is 0. The van der Waals surface area contributed by atoms with Crippen LogP contribution in [0, 0.1) is 5.41 Å². The van der Waals surface area contributed by atoms with Crippen LogP contribution < -0.4 is 16.0 Å². The van der Waals surface area contributed by atoms with Crippen molar-refractivity contribution in [2.24, 2.45) is 0 Å². The molecule has 0 bridgehead atoms. The van der Waals surface area contributed by atoms with Gasteiger partial charge in [0.25, 0.3) is 0 Å². The average molecular weight is 230 g/mol.